The summed E-state index contributed by atoms with van der Waals surface area (Å²) >= 11 is 6.09. The fourth-order valence-corrected chi connectivity index (χ4v) is 7.58. The molecule has 2 heterocycles. The summed E-state index contributed by atoms with van der Waals surface area (Å²) in [7, 11) is 0. The molecule has 7 rings (SSSR count). The van der Waals surface area contributed by atoms with Gasteiger partial charge in [0.25, 0.3) is 5.91 Å². The summed E-state index contributed by atoms with van der Waals surface area (Å²) in [4.78, 5) is 16.1. The van der Waals surface area contributed by atoms with Gasteiger partial charge < -0.3 is 10.0 Å². The zero-order chi connectivity index (χ0) is 21.5. The smallest absolute Gasteiger partial charge is 0.257 e. The molecule has 2 atom stereocenters. The van der Waals surface area contributed by atoms with Gasteiger partial charge in [0.2, 0.25) is 0 Å². The van der Waals surface area contributed by atoms with Gasteiger partial charge >= 0.3 is 0 Å². The Kier molecular flexibility index (Phi) is 4.21. The van der Waals surface area contributed by atoms with E-state index in [0.717, 1.165) is 62.0 Å². The first-order chi connectivity index (χ1) is 14.7. The van der Waals surface area contributed by atoms with Gasteiger partial charge in [-0.05, 0) is 80.5 Å². The molecule has 164 valence electrons. The molecule has 2 aromatic rings. The van der Waals surface area contributed by atoms with Crippen LogP contribution in [0.5, 0.6) is 0 Å². The van der Waals surface area contributed by atoms with E-state index in [-0.39, 0.29) is 17.4 Å². The molecule has 31 heavy (non-hydrogen) atoms. The Hall–Kier alpha value is -1.85. The van der Waals surface area contributed by atoms with E-state index in [1.807, 2.05) is 28.9 Å². The van der Waals surface area contributed by atoms with Gasteiger partial charge in [0.05, 0.1) is 28.7 Å². The van der Waals surface area contributed by atoms with Gasteiger partial charge in [0.15, 0.2) is 0 Å². The Bertz CT molecular complexity index is 1030. The third-order valence-electron chi connectivity index (χ3n) is 8.50. The van der Waals surface area contributed by atoms with Crippen molar-refractivity contribution in [3.63, 3.8) is 0 Å². The Morgan fingerprint density at radius 2 is 1.77 bits per heavy atom. The maximum absolute atomic E-state index is 13.9. The molecule has 0 spiro atoms. The molecule has 6 heteroatoms. The summed E-state index contributed by atoms with van der Waals surface area (Å²) in [6.07, 6.45) is 7.65. The van der Waals surface area contributed by atoms with Crippen molar-refractivity contribution in [1.82, 2.24) is 14.7 Å². The summed E-state index contributed by atoms with van der Waals surface area (Å²) < 4.78 is 1.92. The second-order valence-electron chi connectivity index (χ2n) is 11.1. The van der Waals surface area contributed by atoms with E-state index in [9.17, 15) is 9.90 Å². The van der Waals surface area contributed by atoms with Crippen LogP contribution in [0.15, 0.2) is 30.5 Å². The number of hydrogen-bond acceptors (Lipinski definition) is 3. The lowest BCUT2D eigenvalue weighted by molar-refractivity contribution is -0.154. The number of fused-ring (bicyclic) bond motifs is 1. The van der Waals surface area contributed by atoms with Gasteiger partial charge in [-0.3, -0.25) is 4.79 Å². The second-order valence-corrected chi connectivity index (χ2v) is 11.5. The van der Waals surface area contributed by atoms with Crippen LogP contribution in [0.2, 0.25) is 5.02 Å². The molecule has 0 radical (unpaired) electrons. The summed E-state index contributed by atoms with van der Waals surface area (Å²) in [5.74, 6) is 1.61. The van der Waals surface area contributed by atoms with Crippen LogP contribution in [-0.2, 0) is 5.41 Å². The van der Waals surface area contributed by atoms with Gasteiger partial charge in [-0.25, -0.2) is 4.68 Å². The Morgan fingerprint density at radius 1 is 1.10 bits per heavy atom. The molecular weight excluding hydrogens is 410 g/mol. The molecule has 0 saturated heterocycles. The third-order valence-corrected chi connectivity index (χ3v) is 8.75. The standard InChI is InChI=1S/C25H30ClN3O2/c1-24(2)7-8-28(21-16-9-15-10-17(21)13-25(31,11-15)12-16)23(30)20-14-27-29(22(20)24)19-5-3-18(26)4-6-19/h3-6,14-17,21,31H,7-13H2,1-2H3/t15?,16?,17?,21-,25+. The molecule has 1 aliphatic heterocycles. The number of amides is 1. The van der Waals surface area contributed by atoms with E-state index < -0.39 is 5.60 Å². The molecule has 4 bridgehead atoms. The normalized spacial score (nSPS) is 35.9. The van der Waals surface area contributed by atoms with E-state index in [4.69, 9.17) is 11.6 Å². The fraction of sp³-hybridized carbons (Fsp3) is 0.600. The van der Waals surface area contributed by atoms with E-state index in [2.05, 4.69) is 23.8 Å². The van der Waals surface area contributed by atoms with Crippen LogP contribution in [0, 0.1) is 17.8 Å². The minimum Gasteiger partial charge on any atom is -0.390 e. The average molecular weight is 440 g/mol. The zero-order valence-electron chi connectivity index (χ0n) is 18.2. The molecule has 4 fully saturated rings. The van der Waals surface area contributed by atoms with Crippen molar-refractivity contribution in [2.45, 2.75) is 69.4 Å². The number of rotatable bonds is 2. The topological polar surface area (TPSA) is 58.4 Å². The highest BCUT2D eigenvalue weighted by molar-refractivity contribution is 6.30. The number of aromatic nitrogens is 2. The van der Waals surface area contributed by atoms with Gasteiger partial charge in [0, 0.05) is 23.0 Å². The molecule has 4 saturated carbocycles. The Labute approximate surface area is 188 Å². The number of nitrogens with zero attached hydrogens (tertiary/aromatic N) is 3. The first-order valence-electron chi connectivity index (χ1n) is 11.6. The van der Waals surface area contributed by atoms with Crippen LogP contribution < -0.4 is 0 Å². The Morgan fingerprint density at radius 3 is 2.42 bits per heavy atom. The quantitative estimate of drug-likeness (QED) is 0.744. The van der Waals surface area contributed by atoms with Crippen LogP contribution >= 0.6 is 11.6 Å². The van der Waals surface area contributed by atoms with Gasteiger partial charge in [-0.15, -0.1) is 0 Å². The van der Waals surface area contributed by atoms with E-state index in [1.54, 1.807) is 6.20 Å². The van der Waals surface area contributed by atoms with Gasteiger partial charge in [-0.2, -0.15) is 5.10 Å². The van der Waals surface area contributed by atoms with E-state index in [1.165, 1.54) is 0 Å². The van der Waals surface area contributed by atoms with Gasteiger partial charge in [-0.1, -0.05) is 25.4 Å². The maximum Gasteiger partial charge on any atom is 0.257 e. The first-order valence-corrected chi connectivity index (χ1v) is 12.0. The Balaban J connectivity index is 1.39. The molecule has 1 aromatic heterocycles. The number of carbonyl (C=O) groups excluding carboxylic acids is 1. The number of hydrogen-bond donors (Lipinski definition) is 1. The van der Waals surface area contributed by atoms with Crippen molar-refractivity contribution in [1.29, 1.82) is 0 Å². The highest BCUT2D eigenvalue weighted by Gasteiger charge is 2.57. The van der Waals surface area contributed by atoms with Crippen molar-refractivity contribution < 1.29 is 9.90 Å². The lowest BCUT2D eigenvalue weighted by Crippen LogP contribution is -2.62. The van der Waals surface area contributed by atoms with Gasteiger partial charge in [0.1, 0.15) is 0 Å². The van der Waals surface area contributed by atoms with Crippen molar-refractivity contribution in [3.8, 4) is 5.69 Å². The molecule has 4 aliphatic carbocycles. The minimum absolute atomic E-state index is 0.116. The van der Waals surface area contributed by atoms with Crippen molar-refractivity contribution in [2.24, 2.45) is 17.8 Å². The molecule has 1 amide bonds. The highest BCUT2D eigenvalue weighted by Crippen LogP contribution is 2.57. The van der Waals surface area contributed by atoms with Crippen molar-refractivity contribution >= 4 is 17.5 Å². The first kappa shape index (κ1) is 19.8. The molecule has 5 aliphatic rings. The number of halogens is 1. The summed E-state index contributed by atoms with van der Waals surface area (Å²) in [5.41, 5.74) is 1.98. The summed E-state index contributed by atoms with van der Waals surface area (Å²) in [6.45, 7) is 5.20. The van der Waals surface area contributed by atoms with Crippen LogP contribution in [0.4, 0.5) is 0 Å². The number of carbonyl (C=O) groups is 1. The largest absolute Gasteiger partial charge is 0.390 e. The van der Waals surface area contributed by atoms with Crippen LogP contribution in [0.3, 0.4) is 0 Å². The molecule has 1 N–H and O–H groups in total. The summed E-state index contributed by atoms with van der Waals surface area (Å²) in [5, 5.41) is 16.3. The zero-order valence-corrected chi connectivity index (χ0v) is 19.0. The second kappa shape index (κ2) is 6.58. The highest BCUT2D eigenvalue weighted by atomic mass is 35.5. The molecular formula is C25H30ClN3O2. The lowest BCUT2D eigenvalue weighted by atomic mass is 9.52. The van der Waals surface area contributed by atoms with E-state index >= 15 is 0 Å². The summed E-state index contributed by atoms with van der Waals surface area (Å²) in [6, 6.07) is 7.89. The maximum atomic E-state index is 13.9. The predicted octanol–water partition coefficient (Wildman–Crippen LogP) is 4.59. The van der Waals surface area contributed by atoms with E-state index in [0.29, 0.717) is 22.8 Å². The SMILES string of the molecule is CC1(C)CCN([C@H]2C3CC4CC2C[C@@](O)(C4)C3)C(=O)c2cnn(-c3ccc(Cl)cc3)c21. The number of aliphatic hydroxyl groups is 1. The average Bonchev–Trinajstić information content (AvgIpc) is 3.11. The van der Waals surface area contributed by atoms with Crippen molar-refractivity contribution in [3.05, 3.63) is 46.7 Å². The molecule has 2 unspecified atom stereocenters. The molecule has 5 nitrogen and oxygen atoms in total. The van der Waals surface area contributed by atoms with Crippen LogP contribution in [0.25, 0.3) is 5.69 Å². The minimum atomic E-state index is -0.480. The molecule has 1 aromatic carbocycles. The predicted molar refractivity (Wildman–Crippen MR) is 120 cm³/mol. The van der Waals surface area contributed by atoms with Crippen molar-refractivity contribution in [2.75, 3.05) is 6.54 Å². The monoisotopic (exact) mass is 439 g/mol. The lowest BCUT2D eigenvalue weighted by Gasteiger charge is -2.60. The van der Waals surface area contributed by atoms with Crippen LogP contribution in [-0.4, -0.2) is 43.9 Å². The number of benzene rings is 1. The third kappa shape index (κ3) is 3.00. The van der Waals surface area contributed by atoms with Crippen LogP contribution in [0.1, 0.15) is 68.4 Å². The fourth-order valence-electron chi connectivity index (χ4n) is 7.46.